The Labute approximate surface area is 155 Å². The fourth-order valence-corrected chi connectivity index (χ4v) is 4.23. The minimum Gasteiger partial charge on any atom is -0.495 e. The number of benzene rings is 1. The molecule has 0 atom stereocenters. The van der Waals surface area contributed by atoms with Gasteiger partial charge in [0.2, 0.25) is 0 Å². The van der Waals surface area contributed by atoms with E-state index < -0.39 is 11.9 Å². The summed E-state index contributed by atoms with van der Waals surface area (Å²) in [5, 5.41) is 0. The van der Waals surface area contributed by atoms with E-state index in [4.69, 9.17) is 21.1 Å². The maximum absolute atomic E-state index is 12.4. The number of methoxy groups -OCH3 is 2. The van der Waals surface area contributed by atoms with E-state index in [-0.39, 0.29) is 6.54 Å². The second-order valence-electron chi connectivity index (χ2n) is 4.87. The number of thiophene rings is 1. The largest absolute Gasteiger partial charge is 0.495 e. The van der Waals surface area contributed by atoms with Crippen molar-refractivity contribution < 1.29 is 19.1 Å². The van der Waals surface area contributed by atoms with Crippen LogP contribution < -0.4 is 9.54 Å². The summed E-state index contributed by atoms with van der Waals surface area (Å²) in [5.41, 5.74) is 0.691. The first kappa shape index (κ1) is 17.7. The van der Waals surface area contributed by atoms with Crippen molar-refractivity contribution in [2.75, 3.05) is 14.2 Å². The Hall–Kier alpha value is -2.16. The van der Waals surface area contributed by atoms with Crippen molar-refractivity contribution in [1.29, 1.82) is 0 Å². The highest BCUT2D eigenvalue weighted by atomic mass is 35.5. The van der Waals surface area contributed by atoms with Crippen LogP contribution >= 0.6 is 34.3 Å². The first-order chi connectivity index (χ1) is 12.0. The van der Waals surface area contributed by atoms with Gasteiger partial charge in [-0.1, -0.05) is 29.0 Å². The molecule has 3 aromatic rings. The molecule has 9 heteroatoms. The number of carbonyl (C=O) groups is 2. The van der Waals surface area contributed by atoms with Crippen LogP contribution in [0.15, 0.2) is 35.3 Å². The second kappa shape index (κ2) is 7.38. The smallest absolute Gasteiger partial charge is 0.325 e. The molecule has 1 aromatic carbocycles. The highest BCUT2D eigenvalue weighted by molar-refractivity contribution is 7.18. The molecule has 25 heavy (non-hydrogen) atoms. The van der Waals surface area contributed by atoms with Gasteiger partial charge in [0.25, 0.3) is 5.91 Å². The summed E-state index contributed by atoms with van der Waals surface area (Å²) in [6, 6.07) is 8.77. The number of rotatable bonds is 4. The Balaban J connectivity index is 2.19. The van der Waals surface area contributed by atoms with Gasteiger partial charge in [-0.05, 0) is 24.3 Å². The summed E-state index contributed by atoms with van der Waals surface area (Å²) in [6.45, 7) is -0.0752. The maximum Gasteiger partial charge on any atom is 0.325 e. The van der Waals surface area contributed by atoms with Crippen LogP contribution in [0.5, 0.6) is 5.75 Å². The zero-order valence-electron chi connectivity index (χ0n) is 13.3. The highest BCUT2D eigenvalue weighted by Crippen LogP contribution is 2.27. The number of amides is 1. The fraction of sp³-hybridized carbons (Fsp3) is 0.188. The predicted octanol–water partition coefficient (Wildman–Crippen LogP) is 3.34. The number of ether oxygens (including phenoxy) is 2. The first-order valence-electron chi connectivity index (χ1n) is 7.11. The summed E-state index contributed by atoms with van der Waals surface area (Å²) in [7, 11) is 2.86. The van der Waals surface area contributed by atoms with Gasteiger partial charge in [-0.15, -0.1) is 11.3 Å². The number of para-hydroxylation sites is 1. The van der Waals surface area contributed by atoms with Crippen molar-refractivity contribution in [2.45, 2.75) is 6.54 Å². The van der Waals surface area contributed by atoms with Crippen LogP contribution in [0, 0.1) is 0 Å². The zero-order valence-corrected chi connectivity index (χ0v) is 15.7. The molecule has 3 rings (SSSR count). The monoisotopic (exact) mass is 396 g/mol. The SMILES string of the molecule is COC(=O)Cn1c(=NC(=O)c2ccc(Cl)s2)sc2cccc(OC)c21. The van der Waals surface area contributed by atoms with E-state index in [2.05, 4.69) is 4.99 Å². The summed E-state index contributed by atoms with van der Waals surface area (Å²) in [6.07, 6.45) is 0. The van der Waals surface area contributed by atoms with E-state index in [0.29, 0.717) is 25.3 Å². The lowest BCUT2D eigenvalue weighted by Crippen LogP contribution is -2.22. The third kappa shape index (κ3) is 3.60. The number of fused-ring (bicyclic) bond motifs is 1. The number of aromatic nitrogens is 1. The van der Waals surface area contributed by atoms with Crippen LogP contribution in [-0.2, 0) is 16.1 Å². The van der Waals surface area contributed by atoms with Crippen molar-refractivity contribution in [1.82, 2.24) is 4.57 Å². The topological polar surface area (TPSA) is 69.9 Å². The number of thiazole rings is 1. The van der Waals surface area contributed by atoms with Gasteiger partial charge in [-0.3, -0.25) is 9.59 Å². The van der Waals surface area contributed by atoms with Crippen LogP contribution in [0.1, 0.15) is 9.67 Å². The summed E-state index contributed by atoms with van der Waals surface area (Å²) < 4.78 is 13.1. The number of carbonyl (C=O) groups excluding carboxylic acids is 2. The molecule has 0 aliphatic carbocycles. The van der Waals surface area contributed by atoms with Gasteiger partial charge >= 0.3 is 5.97 Å². The Morgan fingerprint density at radius 1 is 1.20 bits per heavy atom. The Bertz CT molecular complexity index is 1020. The number of nitrogens with zero attached hydrogens (tertiary/aromatic N) is 2. The molecule has 0 radical (unpaired) electrons. The molecule has 0 N–H and O–H groups in total. The summed E-state index contributed by atoms with van der Waals surface area (Å²) >= 11 is 8.32. The zero-order chi connectivity index (χ0) is 18.0. The minimum absolute atomic E-state index is 0.0752. The van der Waals surface area contributed by atoms with E-state index in [1.807, 2.05) is 12.1 Å². The molecule has 0 unspecified atom stereocenters. The van der Waals surface area contributed by atoms with E-state index in [1.54, 1.807) is 29.9 Å². The molecular formula is C16H13ClN2O4S2. The molecular weight excluding hydrogens is 384 g/mol. The summed E-state index contributed by atoms with van der Waals surface area (Å²) in [5.74, 6) is -0.273. The standard InChI is InChI=1S/C16H13ClN2O4S2/c1-22-9-4-3-5-10-14(9)19(8-13(20)23-2)16(25-10)18-15(21)11-6-7-12(17)24-11/h3-7H,8H2,1-2H3. The highest BCUT2D eigenvalue weighted by Gasteiger charge is 2.16. The molecule has 0 bridgehead atoms. The second-order valence-corrected chi connectivity index (χ2v) is 7.60. The van der Waals surface area contributed by atoms with E-state index in [1.165, 1.54) is 18.4 Å². The summed E-state index contributed by atoms with van der Waals surface area (Å²) in [4.78, 5) is 29.2. The van der Waals surface area contributed by atoms with Crippen molar-refractivity contribution in [3.63, 3.8) is 0 Å². The average Bonchev–Trinajstić information content (AvgIpc) is 3.18. The van der Waals surface area contributed by atoms with Crippen molar-refractivity contribution in [2.24, 2.45) is 4.99 Å². The van der Waals surface area contributed by atoms with Gasteiger partial charge in [-0.25, -0.2) is 0 Å². The molecule has 2 heterocycles. The number of esters is 1. The van der Waals surface area contributed by atoms with Gasteiger partial charge in [0, 0.05) is 0 Å². The van der Waals surface area contributed by atoms with Gasteiger partial charge in [0.05, 0.1) is 28.1 Å². The Kier molecular flexibility index (Phi) is 5.22. The van der Waals surface area contributed by atoms with Gasteiger partial charge in [0.15, 0.2) is 4.80 Å². The molecule has 0 fully saturated rings. The number of hydrogen-bond acceptors (Lipinski definition) is 6. The Morgan fingerprint density at radius 3 is 2.64 bits per heavy atom. The number of hydrogen-bond donors (Lipinski definition) is 0. The molecule has 0 saturated heterocycles. The molecule has 130 valence electrons. The first-order valence-corrected chi connectivity index (χ1v) is 9.12. The Morgan fingerprint density at radius 2 is 2.00 bits per heavy atom. The van der Waals surface area contributed by atoms with Crippen LogP contribution in [0.2, 0.25) is 4.34 Å². The number of halogens is 1. The van der Waals surface area contributed by atoms with Crippen LogP contribution in [0.3, 0.4) is 0 Å². The third-order valence-corrected chi connectivity index (χ3v) is 5.64. The van der Waals surface area contributed by atoms with E-state index in [9.17, 15) is 9.59 Å². The van der Waals surface area contributed by atoms with Crippen molar-refractivity contribution in [3.05, 3.63) is 44.3 Å². The van der Waals surface area contributed by atoms with Crippen molar-refractivity contribution in [3.8, 4) is 5.75 Å². The van der Waals surface area contributed by atoms with Gasteiger partial charge in [-0.2, -0.15) is 4.99 Å². The molecule has 2 aromatic heterocycles. The van der Waals surface area contributed by atoms with Crippen LogP contribution in [-0.4, -0.2) is 30.7 Å². The van der Waals surface area contributed by atoms with E-state index in [0.717, 1.165) is 16.0 Å². The molecule has 6 nitrogen and oxygen atoms in total. The normalized spacial score (nSPS) is 11.7. The lowest BCUT2D eigenvalue weighted by atomic mass is 10.3. The minimum atomic E-state index is -0.446. The quantitative estimate of drug-likeness (QED) is 0.634. The molecule has 0 aliphatic heterocycles. The predicted molar refractivity (Wildman–Crippen MR) is 97.6 cm³/mol. The van der Waals surface area contributed by atoms with Crippen LogP contribution in [0.4, 0.5) is 0 Å². The molecule has 0 saturated carbocycles. The van der Waals surface area contributed by atoms with Crippen molar-refractivity contribution >= 4 is 56.4 Å². The van der Waals surface area contributed by atoms with Gasteiger partial charge in [0.1, 0.15) is 17.8 Å². The lowest BCUT2D eigenvalue weighted by Gasteiger charge is -2.07. The molecule has 0 spiro atoms. The fourth-order valence-electron chi connectivity index (χ4n) is 2.26. The molecule has 0 aliphatic rings. The molecule has 1 amide bonds. The van der Waals surface area contributed by atoms with Gasteiger partial charge < -0.3 is 14.0 Å². The average molecular weight is 397 g/mol. The van der Waals surface area contributed by atoms with Crippen LogP contribution in [0.25, 0.3) is 10.2 Å². The third-order valence-electron chi connectivity index (χ3n) is 3.38. The lowest BCUT2D eigenvalue weighted by molar-refractivity contribution is -0.141. The maximum atomic E-state index is 12.4. The van der Waals surface area contributed by atoms with E-state index >= 15 is 0 Å².